The minimum absolute atomic E-state index is 1.21. The number of rotatable bonds is 5. The highest BCUT2D eigenvalue weighted by Gasteiger charge is 2.19. The first-order chi connectivity index (χ1) is 30.7. The first-order valence-corrected chi connectivity index (χ1v) is 21.6. The topological polar surface area (TPSA) is 0 Å². The molecule has 13 rings (SSSR count). The molecule has 0 aliphatic rings. The highest BCUT2D eigenvalue weighted by molar-refractivity contribution is 6.26. The number of fused-ring (bicyclic) bond motifs is 4. The van der Waals surface area contributed by atoms with Gasteiger partial charge in [0.15, 0.2) is 0 Å². The van der Waals surface area contributed by atoms with E-state index in [0.717, 1.165) is 0 Å². The molecular weight excluding hydrogens is 745 g/mol. The molecule has 0 aliphatic carbocycles. The second-order valence-corrected chi connectivity index (χ2v) is 16.8. The fraction of sp³-hybridized carbons (Fsp3) is 0. The van der Waals surface area contributed by atoms with Crippen LogP contribution in [0.1, 0.15) is 0 Å². The molecule has 0 radical (unpaired) electrons. The SMILES string of the molecule is c1ccc2cc(-c3ccc(-c4c5ccccc5c(-c5ccc(-c6ccc7ccccc7c6)cc5)c5cc(-c6ccc7ccc8cccc9ccc6c7c89)ccc45)cc3)ccc2c1. The zero-order chi connectivity index (χ0) is 40.7. The molecule has 0 nitrogen and oxygen atoms in total. The van der Waals surface area contributed by atoms with Crippen molar-refractivity contribution in [1.29, 1.82) is 0 Å². The lowest BCUT2D eigenvalue weighted by Crippen LogP contribution is -1.93. The second kappa shape index (κ2) is 13.7. The van der Waals surface area contributed by atoms with Gasteiger partial charge < -0.3 is 0 Å². The van der Waals surface area contributed by atoms with E-state index < -0.39 is 0 Å². The number of hydrogen-bond donors (Lipinski definition) is 0. The van der Waals surface area contributed by atoms with Crippen LogP contribution in [0.4, 0.5) is 0 Å². The molecule has 0 unspecified atom stereocenters. The van der Waals surface area contributed by atoms with Crippen molar-refractivity contribution in [2.45, 2.75) is 0 Å². The monoisotopic (exact) mass is 782 g/mol. The van der Waals surface area contributed by atoms with E-state index in [1.165, 1.54) is 131 Å². The van der Waals surface area contributed by atoms with Crippen LogP contribution in [0.5, 0.6) is 0 Å². The third-order valence-corrected chi connectivity index (χ3v) is 13.4. The van der Waals surface area contributed by atoms with E-state index >= 15 is 0 Å². The maximum absolute atomic E-state index is 2.47. The minimum atomic E-state index is 1.21. The average Bonchev–Trinajstić information content (AvgIpc) is 3.34. The summed E-state index contributed by atoms with van der Waals surface area (Å²) in [5.41, 5.74) is 12.3. The number of hydrogen-bond acceptors (Lipinski definition) is 0. The lowest BCUT2D eigenvalue weighted by Gasteiger charge is -2.20. The van der Waals surface area contributed by atoms with Crippen molar-refractivity contribution >= 4 is 75.4 Å². The lowest BCUT2D eigenvalue weighted by atomic mass is 9.83. The van der Waals surface area contributed by atoms with E-state index in [-0.39, 0.29) is 0 Å². The van der Waals surface area contributed by atoms with Crippen molar-refractivity contribution in [3.63, 3.8) is 0 Å². The standard InChI is InChI=1S/C62H38/c1-3-10-48-36-50(28-20-39(48)8-1)41-16-22-45(23-17-41)60-54-14-5-6-15-55(54)61(46-24-18-42(19-25-46)51-29-21-40-9-2-4-11-49(40)37-51)58-38-52(32-35-57(58)60)53-33-30-47-27-26-43-12-7-13-44-31-34-56(53)62(47)59(43)44/h1-38H. The predicted molar refractivity (Wildman–Crippen MR) is 267 cm³/mol. The summed E-state index contributed by atoms with van der Waals surface area (Å²) in [5.74, 6) is 0. The van der Waals surface area contributed by atoms with Crippen LogP contribution in [-0.2, 0) is 0 Å². The van der Waals surface area contributed by atoms with Gasteiger partial charge in [0.25, 0.3) is 0 Å². The molecule has 0 heterocycles. The molecule has 0 atom stereocenters. The van der Waals surface area contributed by atoms with Crippen LogP contribution < -0.4 is 0 Å². The Hall–Kier alpha value is -8.06. The maximum atomic E-state index is 2.47. The van der Waals surface area contributed by atoms with Crippen molar-refractivity contribution < 1.29 is 0 Å². The van der Waals surface area contributed by atoms with E-state index in [4.69, 9.17) is 0 Å². The first kappa shape index (κ1) is 34.8. The highest BCUT2D eigenvalue weighted by atomic mass is 14.2. The summed E-state index contributed by atoms with van der Waals surface area (Å²) < 4.78 is 0. The van der Waals surface area contributed by atoms with Gasteiger partial charge in [0.1, 0.15) is 0 Å². The molecule has 0 aromatic heterocycles. The lowest BCUT2D eigenvalue weighted by molar-refractivity contribution is 1.62. The molecule has 0 aliphatic heterocycles. The molecular formula is C62H38. The first-order valence-electron chi connectivity index (χ1n) is 21.6. The van der Waals surface area contributed by atoms with Gasteiger partial charge in [0, 0.05) is 0 Å². The van der Waals surface area contributed by atoms with Gasteiger partial charge in [0.2, 0.25) is 0 Å². The summed E-state index contributed by atoms with van der Waals surface area (Å²) in [4.78, 5) is 0. The quantitative estimate of drug-likeness (QED) is 0.120. The van der Waals surface area contributed by atoms with Gasteiger partial charge in [0.05, 0.1) is 0 Å². The highest BCUT2D eigenvalue weighted by Crippen LogP contribution is 2.47. The van der Waals surface area contributed by atoms with Crippen LogP contribution in [0.3, 0.4) is 0 Å². The van der Waals surface area contributed by atoms with E-state index in [9.17, 15) is 0 Å². The van der Waals surface area contributed by atoms with Crippen LogP contribution in [0.25, 0.3) is 131 Å². The van der Waals surface area contributed by atoms with Gasteiger partial charge in [-0.25, -0.2) is 0 Å². The Kier molecular flexibility index (Phi) is 7.71. The van der Waals surface area contributed by atoms with Crippen LogP contribution in [0, 0.1) is 0 Å². The van der Waals surface area contributed by atoms with Crippen LogP contribution in [0.15, 0.2) is 231 Å². The Morgan fingerprint density at radius 2 is 0.565 bits per heavy atom. The summed E-state index contributed by atoms with van der Waals surface area (Å²) in [6, 6.07) is 85.8. The zero-order valence-corrected chi connectivity index (χ0v) is 33.9. The van der Waals surface area contributed by atoms with Gasteiger partial charge in [-0.15, -0.1) is 0 Å². The Labute approximate surface area is 359 Å². The van der Waals surface area contributed by atoms with Crippen molar-refractivity contribution in [3.05, 3.63) is 231 Å². The molecule has 0 amide bonds. The molecule has 286 valence electrons. The summed E-state index contributed by atoms with van der Waals surface area (Å²) in [5, 5.41) is 17.9. The van der Waals surface area contributed by atoms with E-state index in [2.05, 4.69) is 231 Å². The van der Waals surface area contributed by atoms with E-state index in [0.29, 0.717) is 0 Å². The molecule has 13 aromatic rings. The summed E-state index contributed by atoms with van der Waals surface area (Å²) in [7, 11) is 0. The van der Waals surface area contributed by atoms with Crippen LogP contribution in [-0.4, -0.2) is 0 Å². The Morgan fingerprint density at radius 1 is 0.177 bits per heavy atom. The van der Waals surface area contributed by atoms with E-state index in [1.54, 1.807) is 0 Å². The van der Waals surface area contributed by atoms with Crippen molar-refractivity contribution in [2.75, 3.05) is 0 Å². The predicted octanol–water partition coefficient (Wildman–Crippen LogP) is 17.5. The second-order valence-electron chi connectivity index (χ2n) is 16.8. The third-order valence-electron chi connectivity index (χ3n) is 13.4. The van der Waals surface area contributed by atoms with Crippen molar-refractivity contribution in [3.8, 4) is 55.6 Å². The van der Waals surface area contributed by atoms with Crippen molar-refractivity contribution in [2.24, 2.45) is 0 Å². The van der Waals surface area contributed by atoms with Gasteiger partial charge in [-0.2, -0.15) is 0 Å². The zero-order valence-electron chi connectivity index (χ0n) is 33.9. The fourth-order valence-corrected chi connectivity index (χ4v) is 10.4. The Morgan fingerprint density at radius 3 is 1.16 bits per heavy atom. The van der Waals surface area contributed by atoms with Gasteiger partial charge in [-0.05, 0) is 149 Å². The largest absolute Gasteiger partial charge is 0.0616 e. The van der Waals surface area contributed by atoms with Crippen LogP contribution in [0.2, 0.25) is 0 Å². The average molecular weight is 783 g/mol. The summed E-state index contributed by atoms with van der Waals surface area (Å²) in [6.45, 7) is 0. The maximum Gasteiger partial charge on any atom is -0.00206 e. The molecule has 13 aromatic carbocycles. The molecule has 62 heavy (non-hydrogen) atoms. The molecule has 0 spiro atoms. The minimum Gasteiger partial charge on any atom is -0.0616 e. The molecule has 0 saturated carbocycles. The van der Waals surface area contributed by atoms with Gasteiger partial charge >= 0.3 is 0 Å². The Balaban J connectivity index is 1.03. The van der Waals surface area contributed by atoms with Gasteiger partial charge in [-0.3, -0.25) is 0 Å². The molecule has 0 saturated heterocycles. The molecule has 0 N–H and O–H groups in total. The third kappa shape index (κ3) is 5.47. The smallest absolute Gasteiger partial charge is 0.00206 e. The summed E-state index contributed by atoms with van der Waals surface area (Å²) >= 11 is 0. The molecule has 0 fully saturated rings. The summed E-state index contributed by atoms with van der Waals surface area (Å²) in [6.07, 6.45) is 0. The van der Waals surface area contributed by atoms with Crippen molar-refractivity contribution in [1.82, 2.24) is 0 Å². The fourth-order valence-electron chi connectivity index (χ4n) is 10.4. The van der Waals surface area contributed by atoms with Gasteiger partial charge in [-0.1, -0.05) is 212 Å². The normalized spacial score (nSPS) is 11.9. The molecule has 0 bridgehead atoms. The molecule has 0 heteroatoms. The number of benzene rings is 13. The van der Waals surface area contributed by atoms with E-state index in [1.807, 2.05) is 0 Å². The van der Waals surface area contributed by atoms with Crippen LogP contribution >= 0.6 is 0 Å². The Bertz CT molecular complexity index is 3870.